The van der Waals surface area contributed by atoms with Gasteiger partial charge in [0.15, 0.2) is 11.6 Å². The largest absolute Gasteiger partial charge is 0.431 e. The number of aromatic nitrogens is 3. The zero-order chi connectivity index (χ0) is 17.6. The molecule has 132 valence electrons. The number of fused-ring (bicyclic) bond motifs is 2. The molecule has 0 radical (unpaired) electrons. The van der Waals surface area contributed by atoms with Gasteiger partial charge in [-0.2, -0.15) is 13.8 Å². The summed E-state index contributed by atoms with van der Waals surface area (Å²) < 4.78 is 34.8. The predicted molar refractivity (Wildman–Crippen MR) is 84.6 cm³/mol. The number of ether oxygens (including phenoxy) is 2. The van der Waals surface area contributed by atoms with Crippen LogP contribution in [0, 0.1) is 0 Å². The fraction of sp³-hybridized carbons (Fsp3) is 0.400. The molecule has 4 rings (SSSR count). The number of nitrogens with one attached hydrogen (secondary N) is 1. The Hall–Kier alpha value is -2.75. The Morgan fingerprint density at radius 2 is 2.28 bits per heavy atom. The van der Waals surface area contributed by atoms with Gasteiger partial charge in [0.05, 0.1) is 24.4 Å². The number of hydrogen-bond donors (Lipinski definition) is 2. The summed E-state index contributed by atoms with van der Waals surface area (Å²) in [6.45, 7) is -1.75. The number of pyridine rings is 1. The van der Waals surface area contributed by atoms with Gasteiger partial charge in [-0.1, -0.05) is 0 Å². The zero-order valence-corrected chi connectivity index (χ0v) is 13.0. The van der Waals surface area contributed by atoms with Crippen LogP contribution in [0.3, 0.4) is 0 Å². The number of nitrogen functional groups attached to an aromatic ring is 1. The molecular weight excluding hydrogens is 336 g/mol. The average molecular weight is 351 g/mol. The maximum absolute atomic E-state index is 12.5. The number of aromatic amines is 1. The molecule has 0 amide bonds. The first-order valence-corrected chi connectivity index (χ1v) is 7.70. The lowest BCUT2D eigenvalue weighted by Crippen LogP contribution is -2.38. The van der Waals surface area contributed by atoms with Crippen molar-refractivity contribution >= 4 is 11.6 Å². The van der Waals surface area contributed by atoms with Crippen LogP contribution in [0.25, 0.3) is 11.3 Å². The normalized spacial score (nSPS) is 22.0. The van der Waals surface area contributed by atoms with Crippen LogP contribution in [0.5, 0.6) is 5.75 Å². The topological polar surface area (TPSA) is 106 Å². The Morgan fingerprint density at radius 1 is 1.44 bits per heavy atom. The molecule has 8 nitrogen and oxygen atoms in total. The van der Waals surface area contributed by atoms with E-state index in [0.29, 0.717) is 30.2 Å². The van der Waals surface area contributed by atoms with Crippen molar-refractivity contribution in [3.8, 4) is 17.0 Å². The van der Waals surface area contributed by atoms with Crippen molar-refractivity contribution in [1.29, 1.82) is 0 Å². The van der Waals surface area contributed by atoms with E-state index in [-0.39, 0.29) is 23.7 Å². The molecule has 2 aliphatic heterocycles. The van der Waals surface area contributed by atoms with Crippen LogP contribution >= 0.6 is 0 Å². The van der Waals surface area contributed by atoms with Crippen molar-refractivity contribution in [1.82, 2.24) is 15.0 Å². The van der Waals surface area contributed by atoms with Gasteiger partial charge in [0.25, 0.3) is 0 Å². The van der Waals surface area contributed by atoms with Crippen LogP contribution in [-0.4, -0.2) is 46.9 Å². The van der Waals surface area contributed by atoms with Crippen molar-refractivity contribution < 1.29 is 18.3 Å². The molecule has 2 atom stereocenters. The molecule has 2 saturated heterocycles. The summed E-state index contributed by atoms with van der Waals surface area (Å²) in [6, 6.07) is 3.18. The van der Waals surface area contributed by atoms with Crippen molar-refractivity contribution in [3.63, 3.8) is 0 Å². The highest BCUT2D eigenvalue weighted by Crippen LogP contribution is 2.33. The number of anilines is 2. The minimum atomic E-state index is -3.02. The summed E-state index contributed by atoms with van der Waals surface area (Å²) in [5, 5.41) is 0. The van der Waals surface area contributed by atoms with Gasteiger partial charge >= 0.3 is 12.3 Å². The van der Waals surface area contributed by atoms with Gasteiger partial charge in [0.1, 0.15) is 5.82 Å². The van der Waals surface area contributed by atoms with E-state index in [1.165, 1.54) is 12.3 Å². The zero-order valence-electron chi connectivity index (χ0n) is 13.0. The van der Waals surface area contributed by atoms with E-state index in [1.54, 1.807) is 6.07 Å². The van der Waals surface area contributed by atoms with Crippen LogP contribution in [-0.2, 0) is 4.74 Å². The number of halogens is 2. The molecule has 0 aliphatic carbocycles. The highest BCUT2D eigenvalue weighted by molar-refractivity contribution is 5.66. The van der Waals surface area contributed by atoms with Gasteiger partial charge in [-0.05, 0) is 12.5 Å². The van der Waals surface area contributed by atoms with Crippen molar-refractivity contribution in [2.45, 2.75) is 25.2 Å². The van der Waals surface area contributed by atoms with Crippen molar-refractivity contribution in [2.24, 2.45) is 0 Å². The minimum absolute atomic E-state index is 0.152. The Morgan fingerprint density at radius 3 is 2.96 bits per heavy atom. The number of nitrogens with two attached hydrogens (primary N) is 1. The molecule has 0 spiro atoms. The number of nitrogens with zero attached hydrogens (tertiary/aromatic N) is 3. The Labute approximate surface area is 140 Å². The highest BCUT2D eigenvalue weighted by atomic mass is 19.3. The predicted octanol–water partition coefficient (Wildman–Crippen LogP) is 0.993. The fourth-order valence-electron chi connectivity index (χ4n) is 3.22. The molecule has 0 aromatic carbocycles. The van der Waals surface area contributed by atoms with E-state index in [2.05, 4.69) is 19.7 Å². The molecule has 0 saturated carbocycles. The summed E-state index contributed by atoms with van der Waals surface area (Å²) in [4.78, 5) is 24.4. The Bertz CT molecular complexity index is 859. The van der Waals surface area contributed by atoms with Gasteiger partial charge in [-0.3, -0.25) is 0 Å². The average Bonchev–Trinajstić information content (AvgIpc) is 3.19. The first-order valence-electron chi connectivity index (χ1n) is 7.70. The van der Waals surface area contributed by atoms with E-state index in [1.807, 2.05) is 4.90 Å². The standard InChI is InChI=1S/C15H15F2N5O3/c16-14(17)25-11-1-7(4-19-13(11)18)10-3-12(21-15(23)20-10)22-5-9-2-8(22)6-24-9/h1,3-4,8-9,14H,2,5-6H2,(H2,18,19)(H,20,21,23)/t8-,9-/m0/s1. The van der Waals surface area contributed by atoms with Crippen LogP contribution in [0.1, 0.15) is 6.42 Å². The minimum Gasteiger partial charge on any atom is -0.431 e. The van der Waals surface area contributed by atoms with Crippen LogP contribution < -0.4 is 21.1 Å². The van der Waals surface area contributed by atoms with Crippen LogP contribution in [0.4, 0.5) is 20.4 Å². The molecular formula is C15H15F2N5O3. The second kappa shape index (κ2) is 5.96. The third kappa shape index (κ3) is 3.00. The van der Waals surface area contributed by atoms with E-state index in [9.17, 15) is 13.6 Å². The quantitative estimate of drug-likeness (QED) is 0.846. The first-order chi connectivity index (χ1) is 12.0. The summed E-state index contributed by atoms with van der Waals surface area (Å²) in [5.74, 6) is 0.109. The molecule has 2 fully saturated rings. The van der Waals surface area contributed by atoms with Gasteiger partial charge in [0, 0.05) is 24.4 Å². The van der Waals surface area contributed by atoms with Gasteiger partial charge in [0.2, 0.25) is 0 Å². The van der Waals surface area contributed by atoms with Crippen molar-refractivity contribution in [3.05, 3.63) is 28.8 Å². The molecule has 0 unspecified atom stereocenters. The Kier molecular flexibility index (Phi) is 3.75. The number of rotatable bonds is 4. The number of hydrogen-bond acceptors (Lipinski definition) is 7. The monoisotopic (exact) mass is 351 g/mol. The molecule has 2 aromatic rings. The van der Waals surface area contributed by atoms with Crippen LogP contribution in [0.15, 0.2) is 23.1 Å². The maximum Gasteiger partial charge on any atom is 0.387 e. The SMILES string of the molecule is Nc1ncc(-c2cc(N3C[C@@H]4C[C@H]3CO4)nc(=O)[nH]2)cc1OC(F)F. The molecule has 10 heteroatoms. The van der Waals surface area contributed by atoms with E-state index in [4.69, 9.17) is 10.5 Å². The lowest BCUT2D eigenvalue weighted by molar-refractivity contribution is -0.0494. The molecule has 2 aromatic heterocycles. The van der Waals surface area contributed by atoms with E-state index < -0.39 is 12.3 Å². The summed E-state index contributed by atoms with van der Waals surface area (Å²) in [7, 11) is 0. The molecule has 25 heavy (non-hydrogen) atoms. The smallest absolute Gasteiger partial charge is 0.387 e. The Balaban J connectivity index is 1.70. The first kappa shape index (κ1) is 15.8. The van der Waals surface area contributed by atoms with E-state index in [0.717, 1.165) is 6.42 Å². The second-order valence-electron chi connectivity index (χ2n) is 5.94. The van der Waals surface area contributed by atoms with Gasteiger partial charge < -0.3 is 25.1 Å². The second-order valence-corrected chi connectivity index (χ2v) is 5.94. The van der Waals surface area contributed by atoms with Crippen LogP contribution in [0.2, 0.25) is 0 Å². The van der Waals surface area contributed by atoms with E-state index >= 15 is 0 Å². The fourth-order valence-corrected chi connectivity index (χ4v) is 3.22. The summed E-state index contributed by atoms with van der Waals surface area (Å²) in [5.41, 5.74) is 5.79. The molecule has 4 heterocycles. The van der Waals surface area contributed by atoms with Gasteiger partial charge in [-0.15, -0.1) is 0 Å². The molecule has 3 N–H and O–H groups in total. The number of morpholine rings is 1. The lowest BCUT2D eigenvalue weighted by atomic mass is 10.2. The molecule has 2 aliphatic rings. The molecule has 2 bridgehead atoms. The lowest BCUT2D eigenvalue weighted by Gasteiger charge is -2.27. The number of alkyl halides is 2. The number of H-pyrrole nitrogens is 1. The highest BCUT2D eigenvalue weighted by Gasteiger charge is 2.39. The summed E-state index contributed by atoms with van der Waals surface area (Å²) in [6.07, 6.45) is 2.43. The van der Waals surface area contributed by atoms with Crippen molar-refractivity contribution in [2.75, 3.05) is 23.8 Å². The third-order valence-electron chi connectivity index (χ3n) is 4.33. The summed E-state index contributed by atoms with van der Waals surface area (Å²) >= 11 is 0. The van der Waals surface area contributed by atoms with Gasteiger partial charge in [-0.25, -0.2) is 9.78 Å². The maximum atomic E-state index is 12.5. The third-order valence-corrected chi connectivity index (χ3v) is 4.33.